The molecule has 5 heteroatoms. The largest absolute Gasteiger partial charge is 0.456 e. The van der Waals surface area contributed by atoms with Gasteiger partial charge in [-0.25, -0.2) is 4.79 Å². The Morgan fingerprint density at radius 1 is 1.16 bits per heavy atom. The normalized spacial score (nSPS) is 17.4. The molecule has 1 N–H and O–H groups in total. The molecule has 1 atom stereocenters. The van der Waals surface area contributed by atoms with Gasteiger partial charge in [0.05, 0.1) is 5.56 Å². The van der Waals surface area contributed by atoms with E-state index >= 15 is 0 Å². The van der Waals surface area contributed by atoms with E-state index in [9.17, 15) is 4.79 Å². The summed E-state index contributed by atoms with van der Waals surface area (Å²) in [5.41, 5.74) is 2.34. The Morgan fingerprint density at radius 3 is 2.48 bits per heavy atom. The van der Waals surface area contributed by atoms with Gasteiger partial charge in [-0.1, -0.05) is 0 Å². The third-order valence-electron chi connectivity index (χ3n) is 4.11. The van der Waals surface area contributed by atoms with Gasteiger partial charge in [0.1, 0.15) is 5.60 Å². The number of pyridine rings is 1. The minimum atomic E-state index is -0.476. The summed E-state index contributed by atoms with van der Waals surface area (Å²) in [6.45, 7) is 7.56. The van der Waals surface area contributed by atoms with Crippen molar-refractivity contribution < 1.29 is 9.53 Å². The fourth-order valence-corrected chi connectivity index (χ4v) is 2.94. The molecule has 0 aliphatic carbocycles. The number of benzene rings is 1. The van der Waals surface area contributed by atoms with Gasteiger partial charge in [0, 0.05) is 42.9 Å². The monoisotopic (exact) mass is 339 g/mol. The molecule has 132 valence electrons. The van der Waals surface area contributed by atoms with Crippen molar-refractivity contribution in [2.75, 3.05) is 23.3 Å². The van der Waals surface area contributed by atoms with Gasteiger partial charge < -0.3 is 15.0 Å². The molecule has 1 saturated heterocycles. The first-order chi connectivity index (χ1) is 11.9. The predicted octanol–water partition coefficient (Wildman–Crippen LogP) is 3.73. The molecule has 1 aromatic carbocycles. The van der Waals surface area contributed by atoms with Crippen LogP contribution >= 0.6 is 0 Å². The van der Waals surface area contributed by atoms with Crippen molar-refractivity contribution in [2.45, 2.75) is 38.8 Å². The first-order valence-electron chi connectivity index (χ1n) is 8.66. The Morgan fingerprint density at radius 2 is 1.84 bits per heavy atom. The van der Waals surface area contributed by atoms with Crippen LogP contribution in [0.4, 0.5) is 11.4 Å². The second-order valence-electron chi connectivity index (χ2n) is 7.36. The van der Waals surface area contributed by atoms with Crippen LogP contribution in [-0.4, -0.2) is 35.7 Å². The average Bonchev–Trinajstić information content (AvgIpc) is 3.03. The molecule has 25 heavy (non-hydrogen) atoms. The first-order valence-corrected chi connectivity index (χ1v) is 8.66. The van der Waals surface area contributed by atoms with Crippen LogP contribution in [0.25, 0.3) is 0 Å². The first kappa shape index (κ1) is 17.3. The van der Waals surface area contributed by atoms with Crippen LogP contribution in [-0.2, 0) is 4.74 Å². The highest BCUT2D eigenvalue weighted by Gasteiger charge is 2.23. The molecule has 0 bridgehead atoms. The Balaban J connectivity index is 1.59. The summed E-state index contributed by atoms with van der Waals surface area (Å²) >= 11 is 0. The quantitative estimate of drug-likeness (QED) is 0.860. The molecule has 5 nitrogen and oxygen atoms in total. The zero-order valence-corrected chi connectivity index (χ0v) is 15.0. The van der Waals surface area contributed by atoms with E-state index in [2.05, 4.69) is 15.2 Å². The molecule has 3 rings (SSSR count). The number of aromatic nitrogens is 1. The highest BCUT2D eigenvalue weighted by atomic mass is 16.6. The maximum Gasteiger partial charge on any atom is 0.338 e. The highest BCUT2D eigenvalue weighted by Crippen LogP contribution is 2.23. The molecule has 1 fully saturated rings. The molecule has 1 unspecified atom stereocenters. The summed E-state index contributed by atoms with van der Waals surface area (Å²) in [4.78, 5) is 18.5. The van der Waals surface area contributed by atoms with Gasteiger partial charge >= 0.3 is 5.97 Å². The fourth-order valence-electron chi connectivity index (χ4n) is 2.94. The number of nitrogens with one attached hydrogen (secondary N) is 1. The van der Waals surface area contributed by atoms with E-state index in [1.54, 1.807) is 12.4 Å². The Kier molecular flexibility index (Phi) is 4.93. The summed E-state index contributed by atoms with van der Waals surface area (Å²) in [7, 11) is 0. The van der Waals surface area contributed by atoms with E-state index in [0.29, 0.717) is 11.6 Å². The smallest absolute Gasteiger partial charge is 0.338 e. The molecule has 1 aliphatic heterocycles. The van der Waals surface area contributed by atoms with Crippen LogP contribution < -0.4 is 10.2 Å². The minimum Gasteiger partial charge on any atom is -0.456 e. The van der Waals surface area contributed by atoms with Gasteiger partial charge in [0.25, 0.3) is 0 Å². The zero-order chi connectivity index (χ0) is 17.9. The van der Waals surface area contributed by atoms with Crippen LogP contribution in [0.2, 0.25) is 0 Å². The summed E-state index contributed by atoms with van der Waals surface area (Å²) < 4.78 is 5.40. The van der Waals surface area contributed by atoms with Crippen molar-refractivity contribution in [3.8, 4) is 0 Å². The average molecular weight is 339 g/mol. The van der Waals surface area contributed by atoms with Crippen molar-refractivity contribution >= 4 is 17.3 Å². The Hall–Kier alpha value is -2.56. The molecule has 2 aromatic rings. The number of hydrogen-bond donors (Lipinski definition) is 1. The van der Waals surface area contributed by atoms with Crippen molar-refractivity contribution in [3.63, 3.8) is 0 Å². The lowest BCUT2D eigenvalue weighted by atomic mass is 10.1. The van der Waals surface area contributed by atoms with E-state index in [4.69, 9.17) is 4.74 Å². The van der Waals surface area contributed by atoms with Gasteiger partial charge in [0.15, 0.2) is 0 Å². The van der Waals surface area contributed by atoms with Crippen LogP contribution in [0.1, 0.15) is 37.6 Å². The molecular formula is C20H25N3O2. The van der Waals surface area contributed by atoms with Crippen LogP contribution in [0, 0.1) is 0 Å². The van der Waals surface area contributed by atoms with Crippen LogP contribution in [0.3, 0.4) is 0 Å². The van der Waals surface area contributed by atoms with Crippen LogP contribution in [0.15, 0.2) is 48.8 Å². The van der Waals surface area contributed by atoms with Crippen molar-refractivity contribution in [1.29, 1.82) is 0 Å². The molecule has 2 heterocycles. The number of rotatable bonds is 4. The van der Waals surface area contributed by atoms with E-state index < -0.39 is 5.60 Å². The lowest BCUT2D eigenvalue weighted by Crippen LogP contribution is -2.26. The molecule has 0 radical (unpaired) electrons. The third-order valence-corrected chi connectivity index (χ3v) is 4.11. The maximum absolute atomic E-state index is 12.1. The number of esters is 1. The predicted molar refractivity (Wildman–Crippen MR) is 100 cm³/mol. The Labute approximate surface area is 149 Å². The Bertz CT molecular complexity index is 708. The minimum absolute atomic E-state index is 0.280. The van der Waals surface area contributed by atoms with E-state index in [0.717, 1.165) is 30.9 Å². The van der Waals surface area contributed by atoms with Crippen molar-refractivity contribution in [3.05, 3.63) is 54.4 Å². The summed E-state index contributed by atoms with van der Waals surface area (Å²) in [6, 6.07) is 12.0. The topological polar surface area (TPSA) is 54.5 Å². The lowest BCUT2D eigenvalue weighted by Gasteiger charge is -2.21. The van der Waals surface area contributed by atoms with E-state index in [-0.39, 0.29) is 5.97 Å². The number of carbonyl (C=O) groups is 1. The van der Waals surface area contributed by atoms with Gasteiger partial charge in [-0.2, -0.15) is 0 Å². The van der Waals surface area contributed by atoms with Gasteiger partial charge in [-0.3, -0.25) is 4.98 Å². The molecular weight excluding hydrogens is 314 g/mol. The maximum atomic E-state index is 12.1. The van der Waals surface area contributed by atoms with Crippen molar-refractivity contribution in [1.82, 2.24) is 4.98 Å². The highest BCUT2D eigenvalue weighted by molar-refractivity contribution is 5.90. The van der Waals surface area contributed by atoms with Crippen LogP contribution in [0.5, 0.6) is 0 Å². The summed E-state index contributed by atoms with van der Waals surface area (Å²) in [5.74, 6) is -0.280. The lowest BCUT2D eigenvalue weighted by molar-refractivity contribution is 0.00696. The fraction of sp³-hybridized carbons (Fsp3) is 0.400. The second kappa shape index (κ2) is 7.13. The molecule has 1 aromatic heterocycles. The zero-order valence-electron chi connectivity index (χ0n) is 15.0. The number of carbonyl (C=O) groups excluding carboxylic acids is 1. The second-order valence-corrected chi connectivity index (χ2v) is 7.36. The standard InChI is InChI=1S/C20H25N3O2/c1-20(2,3)25-19(24)15-4-6-18(7-5-15)23-13-10-17(14-23)22-16-8-11-21-12-9-16/h4-9,11-12,17H,10,13-14H2,1-3H3,(H,21,22). The molecule has 0 amide bonds. The number of anilines is 2. The SMILES string of the molecule is CC(C)(C)OC(=O)c1ccc(N2CCC(Nc3ccncc3)C2)cc1. The van der Waals surface area contributed by atoms with Crippen molar-refractivity contribution in [2.24, 2.45) is 0 Å². The number of nitrogens with zero attached hydrogens (tertiary/aromatic N) is 2. The molecule has 0 spiro atoms. The number of ether oxygens (including phenoxy) is 1. The molecule has 1 aliphatic rings. The summed E-state index contributed by atoms with van der Waals surface area (Å²) in [6.07, 6.45) is 4.67. The van der Waals surface area contributed by atoms with Gasteiger partial charge in [0.2, 0.25) is 0 Å². The third kappa shape index (κ3) is 4.72. The van der Waals surface area contributed by atoms with E-state index in [1.165, 1.54) is 0 Å². The number of hydrogen-bond acceptors (Lipinski definition) is 5. The van der Waals surface area contributed by atoms with Gasteiger partial charge in [-0.15, -0.1) is 0 Å². The molecule has 0 saturated carbocycles. The summed E-state index contributed by atoms with van der Waals surface area (Å²) in [5, 5.41) is 3.54. The van der Waals surface area contributed by atoms with E-state index in [1.807, 2.05) is 57.2 Å². The van der Waals surface area contributed by atoms with Gasteiger partial charge in [-0.05, 0) is 63.6 Å².